The number of hydrogen-bond donors (Lipinski definition) is 4. The quantitative estimate of drug-likeness (QED) is 0.489. The smallest absolute Gasteiger partial charge is 0.326 e. The molecular weight excluding hydrogens is 238 g/mol. The summed E-state index contributed by atoms with van der Waals surface area (Å²) in [5.41, 5.74) is 0. The number of nitrogens with one attached hydrogen (secondary N) is 3. The highest BCUT2D eigenvalue weighted by Crippen LogP contribution is 2.05. The summed E-state index contributed by atoms with van der Waals surface area (Å²) in [5.74, 6) is -1.44. The summed E-state index contributed by atoms with van der Waals surface area (Å²) in [5, 5.41) is 16.8. The third-order valence-corrected chi connectivity index (χ3v) is 2.65. The SMILES string of the molecule is CC(C)C[C@@H](NC(=O)C1CNC(=O)CN1)C(=O)O. The Kier molecular flexibility index (Phi) is 5.08. The molecule has 1 heterocycles. The van der Waals surface area contributed by atoms with Crippen LogP contribution in [0.4, 0.5) is 0 Å². The molecule has 0 aromatic rings. The molecule has 1 rings (SSSR count). The van der Waals surface area contributed by atoms with Crippen molar-refractivity contribution in [1.82, 2.24) is 16.0 Å². The van der Waals surface area contributed by atoms with Crippen molar-refractivity contribution in [2.24, 2.45) is 5.92 Å². The minimum atomic E-state index is -1.04. The summed E-state index contributed by atoms with van der Waals surface area (Å²) < 4.78 is 0. The molecule has 102 valence electrons. The Hall–Kier alpha value is -1.63. The van der Waals surface area contributed by atoms with E-state index in [-0.39, 0.29) is 24.9 Å². The first kappa shape index (κ1) is 14.4. The van der Waals surface area contributed by atoms with Crippen LogP contribution in [0.3, 0.4) is 0 Å². The second kappa shape index (κ2) is 6.34. The molecule has 0 bridgehead atoms. The Bertz CT molecular complexity index is 333. The van der Waals surface area contributed by atoms with E-state index in [1.165, 1.54) is 0 Å². The molecule has 0 aliphatic carbocycles. The van der Waals surface area contributed by atoms with E-state index < -0.39 is 24.0 Å². The van der Waals surface area contributed by atoms with Gasteiger partial charge >= 0.3 is 5.97 Å². The predicted octanol–water partition coefficient (Wildman–Crippen LogP) is -1.31. The summed E-state index contributed by atoms with van der Waals surface area (Å²) in [6.07, 6.45) is 0.375. The maximum atomic E-state index is 11.8. The molecule has 0 radical (unpaired) electrons. The van der Waals surface area contributed by atoms with Crippen LogP contribution in [-0.4, -0.2) is 48.1 Å². The fourth-order valence-electron chi connectivity index (χ4n) is 1.72. The van der Waals surface area contributed by atoms with Crippen LogP contribution in [0, 0.1) is 5.92 Å². The minimum absolute atomic E-state index is 0.0694. The average Bonchev–Trinajstić information content (AvgIpc) is 2.28. The zero-order chi connectivity index (χ0) is 13.7. The van der Waals surface area contributed by atoms with Gasteiger partial charge in [0.15, 0.2) is 0 Å². The zero-order valence-electron chi connectivity index (χ0n) is 10.5. The number of rotatable bonds is 5. The van der Waals surface area contributed by atoms with E-state index >= 15 is 0 Å². The lowest BCUT2D eigenvalue weighted by atomic mass is 10.0. The second-order valence-electron chi connectivity index (χ2n) is 4.77. The lowest BCUT2D eigenvalue weighted by Crippen LogP contribution is -2.59. The Balaban J connectivity index is 2.50. The molecule has 0 spiro atoms. The largest absolute Gasteiger partial charge is 0.480 e. The van der Waals surface area contributed by atoms with E-state index in [0.717, 1.165) is 0 Å². The van der Waals surface area contributed by atoms with Crippen LogP contribution >= 0.6 is 0 Å². The van der Waals surface area contributed by atoms with E-state index in [9.17, 15) is 14.4 Å². The number of amides is 2. The lowest BCUT2D eigenvalue weighted by molar-refractivity contribution is -0.142. The molecule has 0 aromatic heterocycles. The molecule has 1 aliphatic heterocycles. The third kappa shape index (κ3) is 4.33. The van der Waals surface area contributed by atoms with Crippen molar-refractivity contribution < 1.29 is 19.5 Å². The Morgan fingerprint density at radius 2 is 2.17 bits per heavy atom. The Morgan fingerprint density at radius 1 is 1.50 bits per heavy atom. The third-order valence-electron chi connectivity index (χ3n) is 2.65. The summed E-state index contributed by atoms with van der Waals surface area (Å²) in [6, 6.07) is -1.46. The Morgan fingerprint density at radius 3 is 2.61 bits per heavy atom. The van der Waals surface area contributed by atoms with Crippen molar-refractivity contribution >= 4 is 17.8 Å². The number of carbonyl (C=O) groups is 3. The number of carboxylic acids is 1. The van der Waals surface area contributed by atoms with Crippen LogP contribution < -0.4 is 16.0 Å². The van der Waals surface area contributed by atoms with E-state index in [1.54, 1.807) is 0 Å². The van der Waals surface area contributed by atoms with Crippen LogP contribution in [-0.2, 0) is 14.4 Å². The second-order valence-corrected chi connectivity index (χ2v) is 4.77. The maximum Gasteiger partial charge on any atom is 0.326 e. The van der Waals surface area contributed by atoms with Gasteiger partial charge in [0.1, 0.15) is 12.1 Å². The fourth-order valence-corrected chi connectivity index (χ4v) is 1.72. The summed E-state index contributed by atoms with van der Waals surface area (Å²) >= 11 is 0. The van der Waals surface area contributed by atoms with Crippen LogP contribution in [0.25, 0.3) is 0 Å². The highest BCUT2D eigenvalue weighted by atomic mass is 16.4. The fraction of sp³-hybridized carbons (Fsp3) is 0.727. The molecule has 1 aliphatic rings. The van der Waals surface area contributed by atoms with E-state index in [4.69, 9.17) is 5.11 Å². The van der Waals surface area contributed by atoms with Crippen LogP contribution in [0.5, 0.6) is 0 Å². The summed E-state index contributed by atoms with van der Waals surface area (Å²) in [4.78, 5) is 33.7. The van der Waals surface area contributed by atoms with Gasteiger partial charge in [-0.05, 0) is 12.3 Å². The highest BCUT2D eigenvalue weighted by molar-refractivity contribution is 5.89. The summed E-state index contributed by atoms with van der Waals surface area (Å²) in [6.45, 7) is 4.03. The average molecular weight is 257 g/mol. The Labute approximate surface area is 105 Å². The van der Waals surface area contributed by atoms with E-state index in [0.29, 0.717) is 6.42 Å². The van der Waals surface area contributed by atoms with Crippen molar-refractivity contribution in [1.29, 1.82) is 0 Å². The van der Waals surface area contributed by atoms with Crippen LogP contribution in [0.2, 0.25) is 0 Å². The summed E-state index contributed by atoms with van der Waals surface area (Å²) in [7, 11) is 0. The monoisotopic (exact) mass is 257 g/mol. The van der Waals surface area contributed by atoms with Gasteiger partial charge in [0.2, 0.25) is 11.8 Å². The van der Waals surface area contributed by atoms with Crippen molar-refractivity contribution in [3.63, 3.8) is 0 Å². The normalized spacial score (nSPS) is 21.3. The first-order valence-electron chi connectivity index (χ1n) is 5.93. The number of hydrogen-bond acceptors (Lipinski definition) is 4. The first-order valence-corrected chi connectivity index (χ1v) is 5.93. The molecule has 0 saturated carbocycles. The molecule has 0 aromatic carbocycles. The van der Waals surface area contributed by atoms with Gasteiger partial charge in [-0.25, -0.2) is 4.79 Å². The molecule has 1 saturated heterocycles. The van der Waals surface area contributed by atoms with Crippen molar-refractivity contribution in [2.75, 3.05) is 13.1 Å². The van der Waals surface area contributed by atoms with Crippen LogP contribution in [0.1, 0.15) is 20.3 Å². The van der Waals surface area contributed by atoms with Crippen molar-refractivity contribution in [3.8, 4) is 0 Å². The van der Waals surface area contributed by atoms with Gasteiger partial charge in [-0.2, -0.15) is 0 Å². The molecule has 4 N–H and O–H groups in total. The van der Waals surface area contributed by atoms with Gasteiger partial charge < -0.3 is 15.7 Å². The zero-order valence-corrected chi connectivity index (χ0v) is 10.5. The molecule has 18 heavy (non-hydrogen) atoms. The number of aliphatic carboxylic acids is 1. The lowest BCUT2D eigenvalue weighted by Gasteiger charge is -2.25. The molecular formula is C11H19N3O4. The molecule has 2 atom stereocenters. The number of carboxylic acid groups (broad SMARTS) is 1. The predicted molar refractivity (Wildman–Crippen MR) is 63.8 cm³/mol. The highest BCUT2D eigenvalue weighted by Gasteiger charge is 2.28. The molecule has 2 amide bonds. The van der Waals surface area contributed by atoms with Crippen molar-refractivity contribution in [2.45, 2.75) is 32.4 Å². The maximum absolute atomic E-state index is 11.8. The van der Waals surface area contributed by atoms with Gasteiger partial charge in [-0.3, -0.25) is 14.9 Å². The van der Waals surface area contributed by atoms with E-state index in [1.807, 2.05) is 13.8 Å². The van der Waals surface area contributed by atoms with Gasteiger partial charge in [0.05, 0.1) is 6.54 Å². The standard InChI is InChI=1S/C11H19N3O4/c1-6(2)3-7(11(17)18)14-10(16)8-4-13-9(15)5-12-8/h6-8,12H,3-5H2,1-2H3,(H,13,15)(H,14,16)(H,17,18)/t7-,8?/m1/s1. The van der Waals surface area contributed by atoms with Gasteiger partial charge in [0, 0.05) is 6.54 Å². The first-order chi connectivity index (χ1) is 8.40. The van der Waals surface area contributed by atoms with Crippen molar-refractivity contribution in [3.05, 3.63) is 0 Å². The molecule has 1 fully saturated rings. The number of piperazine rings is 1. The minimum Gasteiger partial charge on any atom is -0.480 e. The van der Waals surface area contributed by atoms with Gasteiger partial charge in [-0.15, -0.1) is 0 Å². The molecule has 7 nitrogen and oxygen atoms in total. The van der Waals surface area contributed by atoms with Gasteiger partial charge in [0.25, 0.3) is 0 Å². The van der Waals surface area contributed by atoms with E-state index in [2.05, 4.69) is 16.0 Å². The molecule has 7 heteroatoms. The van der Waals surface area contributed by atoms with Gasteiger partial charge in [-0.1, -0.05) is 13.8 Å². The van der Waals surface area contributed by atoms with Crippen LogP contribution in [0.15, 0.2) is 0 Å². The number of carbonyl (C=O) groups excluding carboxylic acids is 2. The topological polar surface area (TPSA) is 108 Å². The molecule has 1 unspecified atom stereocenters.